The van der Waals surface area contributed by atoms with E-state index in [0.717, 1.165) is 17.1 Å². The standard InChI is InChI=1S/C21H17ClN2O/c1-16-6-12-19(13-7-16)24-20(17-8-10-18(22)11-9-17)23-25-21(24)14-4-2-3-5-15-21/h2-15H,1H3. The van der Waals surface area contributed by atoms with Crippen molar-refractivity contribution in [3.63, 3.8) is 0 Å². The molecule has 0 saturated heterocycles. The molecule has 1 heterocycles. The molecule has 1 spiro atoms. The molecule has 4 heteroatoms. The maximum Gasteiger partial charge on any atom is 0.254 e. The highest BCUT2D eigenvalue weighted by molar-refractivity contribution is 6.30. The van der Waals surface area contributed by atoms with Crippen LogP contribution in [0, 0.1) is 6.92 Å². The highest BCUT2D eigenvalue weighted by Gasteiger charge is 2.43. The van der Waals surface area contributed by atoms with Gasteiger partial charge in [0, 0.05) is 16.3 Å². The molecule has 0 atom stereocenters. The van der Waals surface area contributed by atoms with Gasteiger partial charge in [0.2, 0.25) is 0 Å². The number of amidine groups is 1. The van der Waals surface area contributed by atoms with Crippen molar-refractivity contribution in [2.24, 2.45) is 5.16 Å². The lowest BCUT2D eigenvalue weighted by Crippen LogP contribution is -2.46. The van der Waals surface area contributed by atoms with Gasteiger partial charge in [-0.15, -0.1) is 0 Å². The predicted octanol–water partition coefficient (Wildman–Crippen LogP) is 5.23. The number of hydrogen-bond acceptors (Lipinski definition) is 3. The average Bonchev–Trinajstić information content (AvgIpc) is 2.82. The van der Waals surface area contributed by atoms with Gasteiger partial charge < -0.3 is 4.84 Å². The Labute approximate surface area is 152 Å². The van der Waals surface area contributed by atoms with Crippen molar-refractivity contribution in [1.29, 1.82) is 0 Å². The molecule has 25 heavy (non-hydrogen) atoms. The fourth-order valence-corrected chi connectivity index (χ4v) is 3.07. The van der Waals surface area contributed by atoms with Crippen molar-refractivity contribution < 1.29 is 4.84 Å². The van der Waals surface area contributed by atoms with Crippen LogP contribution in [0.1, 0.15) is 11.1 Å². The van der Waals surface area contributed by atoms with E-state index in [2.05, 4.69) is 41.2 Å². The zero-order valence-corrected chi connectivity index (χ0v) is 14.5. The topological polar surface area (TPSA) is 24.8 Å². The maximum absolute atomic E-state index is 6.04. The zero-order valence-electron chi connectivity index (χ0n) is 13.8. The van der Waals surface area contributed by atoms with E-state index < -0.39 is 5.72 Å². The van der Waals surface area contributed by atoms with Crippen molar-refractivity contribution >= 4 is 23.1 Å². The summed E-state index contributed by atoms with van der Waals surface area (Å²) in [6, 6.07) is 16.0. The highest BCUT2D eigenvalue weighted by Crippen LogP contribution is 2.36. The molecule has 4 rings (SSSR count). The number of oxime groups is 1. The third-order valence-electron chi connectivity index (χ3n) is 4.24. The molecule has 1 aliphatic heterocycles. The van der Waals surface area contributed by atoms with Crippen LogP contribution in [-0.4, -0.2) is 11.6 Å². The van der Waals surface area contributed by atoms with E-state index >= 15 is 0 Å². The summed E-state index contributed by atoms with van der Waals surface area (Å²) < 4.78 is 0. The molecule has 0 bridgehead atoms. The van der Waals surface area contributed by atoms with E-state index in [9.17, 15) is 0 Å². The van der Waals surface area contributed by atoms with E-state index in [1.54, 1.807) is 0 Å². The summed E-state index contributed by atoms with van der Waals surface area (Å²) in [4.78, 5) is 8.02. The molecule has 0 unspecified atom stereocenters. The van der Waals surface area contributed by atoms with E-state index in [0.29, 0.717) is 5.02 Å². The van der Waals surface area contributed by atoms with Gasteiger partial charge in [-0.25, -0.2) is 0 Å². The second kappa shape index (κ2) is 6.26. The molecule has 0 amide bonds. The first kappa shape index (κ1) is 15.7. The highest BCUT2D eigenvalue weighted by atomic mass is 35.5. The average molecular weight is 349 g/mol. The normalized spacial score (nSPS) is 17.5. The lowest BCUT2D eigenvalue weighted by molar-refractivity contribution is 0.0608. The summed E-state index contributed by atoms with van der Waals surface area (Å²) in [7, 11) is 0. The van der Waals surface area contributed by atoms with Gasteiger partial charge in [-0.05, 0) is 55.5 Å². The maximum atomic E-state index is 6.04. The SMILES string of the molecule is Cc1ccc(N2C(c3ccc(Cl)cc3)=NOC23C=CC=CC=C3)cc1. The fourth-order valence-electron chi connectivity index (χ4n) is 2.94. The number of nitrogens with zero attached hydrogens (tertiary/aromatic N) is 2. The van der Waals surface area contributed by atoms with Crippen molar-refractivity contribution in [3.8, 4) is 0 Å². The van der Waals surface area contributed by atoms with E-state index in [1.807, 2.05) is 60.7 Å². The number of allylic oxidation sites excluding steroid dienone is 4. The Balaban J connectivity index is 1.84. The molecule has 1 aliphatic carbocycles. The lowest BCUT2D eigenvalue weighted by atomic mass is 10.1. The van der Waals surface area contributed by atoms with E-state index in [1.165, 1.54) is 5.56 Å². The Morgan fingerprint density at radius 1 is 0.880 bits per heavy atom. The minimum atomic E-state index is -0.784. The molecule has 3 nitrogen and oxygen atoms in total. The number of hydrogen-bond donors (Lipinski definition) is 0. The van der Waals surface area contributed by atoms with Crippen LogP contribution in [0.5, 0.6) is 0 Å². The van der Waals surface area contributed by atoms with Gasteiger partial charge in [-0.3, -0.25) is 4.90 Å². The van der Waals surface area contributed by atoms with Gasteiger partial charge in [0.15, 0.2) is 5.84 Å². The van der Waals surface area contributed by atoms with Gasteiger partial charge in [-0.2, -0.15) is 0 Å². The number of anilines is 1. The molecule has 0 radical (unpaired) electrons. The molecule has 2 aromatic rings. The smallest absolute Gasteiger partial charge is 0.254 e. The summed E-state index contributed by atoms with van der Waals surface area (Å²) >= 11 is 6.04. The zero-order chi connectivity index (χ0) is 17.3. The molecule has 2 aromatic carbocycles. The van der Waals surface area contributed by atoms with Gasteiger partial charge >= 0.3 is 0 Å². The Morgan fingerprint density at radius 3 is 2.16 bits per heavy atom. The summed E-state index contributed by atoms with van der Waals surface area (Å²) in [5.74, 6) is 0.747. The van der Waals surface area contributed by atoms with E-state index in [4.69, 9.17) is 16.4 Å². The molecule has 0 fully saturated rings. The third-order valence-corrected chi connectivity index (χ3v) is 4.49. The molecule has 0 N–H and O–H groups in total. The first-order valence-electron chi connectivity index (χ1n) is 8.11. The van der Waals surface area contributed by atoms with Crippen molar-refractivity contribution in [2.45, 2.75) is 12.6 Å². The van der Waals surface area contributed by atoms with Crippen LogP contribution in [-0.2, 0) is 4.84 Å². The minimum Gasteiger partial charge on any atom is -0.356 e. The Morgan fingerprint density at radius 2 is 1.52 bits per heavy atom. The van der Waals surface area contributed by atoms with Crippen LogP contribution < -0.4 is 4.90 Å². The molecule has 0 saturated carbocycles. The fraction of sp³-hybridized carbons (Fsp3) is 0.0952. The van der Waals surface area contributed by atoms with Crippen LogP contribution in [0.15, 0.2) is 90.1 Å². The first-order chi connectivity index (χ1) is 12.2. The molecule has 2 aliphatic rings. The van der Waals surface area contributed by atoms with Gasteiger partial charge in [0.25, 0.3) is 5.72 Å². The third kappa shape index (κ3) is 2.87. The quantitative estimate of drug-likeness (QED) is 0.742. The lowest BCUT2D eigenvalue weighted by Gasteiger charge is -2.32. The summed E-state index contributed by atoms with van der Waals surface area (Å²) in [6.45, 7) is 2.07. The molecular weight excluding hydrogens is 332 g/mol. The predicted molar refractivity (Wildman–Crippen MR) is 103 cm³/mol. The second-order valence-corrected chi connectivity index (χ2v) is 6.48. The van der Waals surface area contributed by atoms with Gasteiger partial charge in [0.05, 0.1) is 0 Å². The Kier molecular flexibility index (Phi) is 3.94. The molecule has 0 aromatic heterocycles. The minimum absolute atomic E-state index is 0.693. The van der Waals surface area contributed by atoms with Crippen LogP contribution in [0.25, 0.3) is 0 Å². The molecule has 124 valence electrons. The van der Waals surface area contributed by atoms with Gasteiger partial charge in [0.1, 0.15) is 0 Å². The Hall–Kier alpha value is -2.78. The second-order valence-electron chi connectivity index (χ2n) is 6.04. The Bertz CT molecular complexity index is 876. The van der Waals surface area contributed by atoms with Gasteiger partial charge in [-0.1, -0.05) is 58.8 Å². The number of benzene rings is 2. The number of aryl methyl sites for hydroxylation is 1. The van der Waals surface area contributed by atoms with Crippen molar-refractivity contribution in [1.82, 2.24) is 0 Å². The van der Waals surface area contributed by atoms with E-state index in [-0.39, 0.29) is 0 Å². The summed E-state index contributed by atoms with van der Waals surface area (Å²) in [5, 5.41) is 5.10. The summed E-state index contributed by atoms with van der Waals surface area (Å²) in [6.07, 6.45) is 11.9. The monoisotopic (exact) mass is 348 g/mol. The van der Waals surface area contributed by atoms with Crippen molar-refractivity contribution in [2.75, 3.05) is 4.90 Å². The van der Waals surface area contributed by atoms with Crippen LogP contribution in [0.2, 0.25) is 5.02 Å². The first-order valence-corrected chi connectivity index (χ1v) is 8.48. The largest absolute Gasteiger partial charge is 0.356 e. The van der Waals surface area contributed by atoms with Crippen LogP contribution in [0.3, 0.4) is 0 Å². The van der Waals surface area contributed by atoms with Crippen LogP contribution >= 0.6 is 11.6 Å². The number of halogens is 1. The van der Waals surface area contributed by atoms with Crippen molar-refractivity contribution in [3.05, 3.63) is 101 Å². The summed E-state index contributed by atoms with van der Waals surface area (Å²) in [5.41, 5.74) is 2.37. The van der Waals surface area contributed by atoms with Crippen LogP contribution in [0.4, 0.5) is 5.69 Å². The number of rotatable bonds is 2. The molecular formula is C21H17ClN2O.